The first-order valence-electron chi connectivity index (χ1n) is 16.0. The maximum atomic E-state index is 13.7. The molecule has 2 aromatic carbocycles. The van der Waals surface area contributed by atoms with Gasteiger partial charge in [0.05, 0.1) is 0 Å². The van der Waals surface area contributed by atoms with Crippen LogP contribution in [0.5, 0.6) is 0 Å². The van der Waals surface area contributed by atoms with Crippen molar-refractivity contribution in [2.24, 2.45) is 0 Å². The minimum absolute atomic E-state index is 0.0683. The number of amides is 4. The number of thiazole rings is 1. The van der Waals surface area contributed by atoms with Gasteiger partial charge in [0.2, 0.25) is 0 Å². The number of nitrogens with zero attached hydrogens (tertiary/aromatic N) is 4. The first-order valence-corrected chi connectivity index (χ1v) is 16.9. The van der Waals surface area contributed by atoms with Gasteiger partial charge in [-0.15, -0.1) is 11.3 Å². The van der Waals surface area contributed by atoms with Crippen molar-refractivity contribution in [2.75, 3.05) is 18.4 Å². The van der Waals surface area contributed by atoms with Gasteiger partial charge in [0, 0.05) is 60.1 Å². The Balaban J connectivity index is 1.08. The molecule has 0 spiro atoms. The van der Waals surface area contributed by atoms with Crippen LogP contribution in [0.3, 0.4) is 0 Å². The topological polar surface area (TPSA) is 134 Å². The number of ether oxygens (including phenoxy) is 1. The molecule has 1 atom stereocenters. The lowest BCUT2D eigenvalue weighted by molar-refractivity contribution is -0.120. The second-order valence-electron chi connectivity index (χ2n) is 12.8. The third-order valence-corrected chi connectivity index (χ3v) is 8.80. The van der Waals surface area contributed by atoms with Crippen molar-refractivity contribution in [1.29, 1.82) is 0 Å². The lowest BCUT2D eigenvalue weighted by atomic mass is 10.0. The van der Waals surface area contributed by atoms with Gasteiger partial charge in [-0.05, 0) is 69.0 Å². The number of carbonyl (C=O) groups is 4. The summed E-state index contributed by atoms with van der Waals surface area (Å²) in [5.74, 6) is 5.27. The lowest BCUT2D eigenvalue weighted by Crippen LogP contribution is -2.47. The molecule has 0 radical (unpaired) electrons. The Morgan fingerprint density at radius 2 is 1.71 bits per heavy atom. The number of carbonyl (C=O) groups excluding carboxylic acids is 4. The Morgan fingerprint density at radius 1 is 0.980 bits per heavy atom. The van der Waals surface area contributed by atoms with Crippen LogP contribution in [0.15, 0.2) is 78.4 Å². The highest BCUT2D eigenvalue weighted by Gasteiger charge is 2.38. The average molecular weight is 677 g/mol. The van der Waals surface area contributed by atoms with Crippen molar-refractivity contribution in [3.05, 3.63) is 112 Å². The summed E-state index contributed by atoms with van der Waals surface area (Å²) in [7, 11) is 0. The van der Waals surface area contributed by atoms with Crippen molar-refractivity contribution >= 4 is 40.3 Å². The maximum absolute atomic E-state index is 13.7. The number of pyridine rings is 1. The predicted molar refractivity (Wildman–Crippen MR) is 185 cm³/mol. The van der Waals surface area contributed by atoms with Crippen LogP contribution in [0.1, 0.15) is 82.8 Å². The smallest absolute Gasteiger partial charge is 0.410 e. The first-order chi connectivity index (χ1) is 23.5. The summed E-state index contributed by atoms with van der Waals surface area (Å²) < 4.78 is 5.44. The van der Waals surface area contributed by atoms with E-state index in [-0.39, 0.29) is 42.1 Å². The largest absolute Gasteiger partial charge is 0.444 e. The van der Waals surface area contributed by atoms with E-state index in [0.717, 1.165) is 5.56 Å². The minimum Gasteiger partial charge on any atom is -0.444 e. The number of hydrogen-bond acceptors (Lipinski definition) is 8. The number of nitrogens with one attached hydrogen (secondary N) is 2. The Bertz CT molecular complexity index is 1900. The highest BCUT2D eigenvalue weighted by molar-refractivity contribution is 7.13. The Morgan fingerprint density at radius 3 is 2.39 bits per heavy atom. The zero-order chi connectivity index (χ0) is 34.5. The van der Waals surface area contributed by atoms with E-state index in [9.17, 15) is 19.2 Å². The van der Waals surface area contributed by atoms with Gasteiger partial charge in [-0.25, -0.2) is 14.8 Å². The summed E-state index contributed by atoms with van der Waals surface area (Å²) in [6.45, 7) is 6.80. The molecular weight excluding hydrogens is 641 g/mol. The van der Waals surface area contributed by atoms with Gasteiger partial charge in [-0.1, -0.05) is 48.2 Å². The number of aromatic nitrogens is 2. The summed E-state index contributed by atoms with van der Waals surface area (Å²) in [6, 6.07) is 17.1. The van der Waals surface area contributed by atoms with E-state index in [1.165, 1.54) is 11.3 Å². The monoisotopic (exact) mass is 676 g/mol. The molecule has 1 fully saturated rings. The van der Waals surface area contributed by atoms with Crippen LogP contribution in [0, 0.1) is 11.8 Å². The van der Waals surface area contributed by atoms with Crippen molar-refractivity contribution in [2.45, 2.75) is 57.8 Å². The quantitative estimate of drug-likeness (QED) is 0.261. The molecule has 4 amide bonds. The predicted octanol–water partition coefficient (Wildman–Crippen LogP) is 5.40. The number of piperidine rings is 1. The van der Waals surface area contributed by atoms with E-state index in [1.807, 2.05) is 63.2 Å². The van der Waals surface area contributed by atoms with Gasteiger partial charge in [-0.3, -0.25) is 19.7 Å². The molecule has 2 N–H and O–H groups in total. The maximum Gasteiger partial charge on any atom is 0.410 e. The molecule has 4 heterocycles. The van der Waals surface area contributed by atoms with Crippen LogP contribution in [-0.4, -0.2) is 68.3 Å². The van der Waals surface area contributed by atoms with Crippen LogP contribution in [-0.2, 0) is 16.1 Å². The zero-order valence-electron chi connectivity index (χ0n) is 27.4. The van der Waals surface area contributed by atoms with Gasteiger partial charge in [0.1, 0.15) is 17.3 Å². The average Bonchev–Trinajstić information content (AvgIpc) is 3.71. The number of anilines is 1. The molecule has 6 rings (SSSR count). The Kier molecular flexibility index (Phi) is 9.73. The van der Waals surface area contributed by atoms with Gasteiger partial charge in [-0.2, -0.15) is 0 Å². The molecule has 11 nitrogen and oxygen atoms in total. The van der Waals surface area contributed by atoms with Crippen LogP contribution in [0.4, 0.5) is 9.93 Å². The number of hydrogen-bond donors (Lipinski definition) is 2. The van der Waals surface area contributed by atoms with Gasteiger partial charge in [0.25, 0.3) is 17.7 Å². The molecule has 2 aromatic heterocycles. The molecule has 0 saturated carbocycles. The number of fused-ring (bicyclic) bond motifs is 1. The zero-order valence-corrected chi connectivity index (χ0v) is 28.3. The summed E-state index contributed by atoms with van der Waals surface area (Å²) in [4.78, 5) is 64.0. The molecule has 4 aromatic rings. The summed E-state index contributed by atoms with van der Waals surface area (Å²) in [6.07, 6.45) is 4.07. The number of likely N-dealkylation sites (tertiary alicyclic amines) is 1. The van der Waals surface area contributed by atoms with E-state index in [2.05, 4.69) is 32.4 Å². The molecule has 2 aliphatic rings. The summed E-state index contributed by atoms with van der Waals surface area (Å²) in [5, 5.41) is 8.09. The van der Waals surface area contributed by atoms with Crippen LogP contribution in [0.25, 0.3) is 0 Å². The third kappa shape index (κ3) is 8.13. The second kappa shape index (κ2) is 14.3. The molecule has 1 saturated heterocycles. The summed E-state index contributed by atoms with van der Waals surface area (Å²) in [5.41, 5.74) is 2.97. The standard InChI is InChI=1S/C37H36N6O5S/c1-37(2,3)48-36(47)42-18-15-28(16-19-42)40-32(44)30-14-12-25(22-39-30)10-9-24-11-13-27-23-43(34(46)29(27)21-24)31(26-7-5-4-6-8-26)33(45)41-35-38-17-20-49-35/h4-8,11-14,17,20-22,28,31H,15-16,18-19,23H2,1-3H3,(H,40,44)(H,38,41,45). The summed E-state index contributed by atoms with van der Waals surface area (Å²) >= 11 is 1.31. The van der Waals surface area contributed by atoms with Crippen molar-refractivity contribution in [3.8, 4) is 11.8 Å². The molecule has 49 heavy (non-hydrogen) atoms. The molecule has 2 aliphatic heterocycles. The minimum atomic E-state index is -0.841. The van der Waals surface area contributed by atoms with E-state index < -0.39 is 11.6 Å². The molecular formula is C37H36N6O5S. The van der Waals surface area contributed by atoms with E-state index in [1.54, 1.807) is 45.8 Å². The fraction of sp³-hybridized carbons (Fsp3) is 0.297. The van der Waals surface area contributed by atoms with Crippen LogP contribution < -0.4 is 10.6 Å². The van der Waals surface area contributed by atoms with Gasteiger partial charge >= 0.3 is 6.09 Å². The molecule has 250 valence electrons. The van der Waals surface area contributed by atoms with Gasteiger partial charge in [0.15, 0.2) is 5.13 Å². The second-order valence-corrected chi connectivity index (χ2v) is 13.7. The van der Waals surface area contributed by atoms with E-state index >= 15 is 0 Å². The van der Waals surface area contributed by atoms with Crippen molar-refractivity contribution in [1.82, 2.24) is 25.1 Å². The molecule has 0 aliphatic carbocycles. The lowest BCUT2D eigenvalue weighted by Gasteiger charge is -2.33. The highest BCUT2D eigenvalue weighted by atomic mass is 32.1. The fourth-order valence-corrected chi connectivity index (χ4v) is 6.25. The van der Waals surface area contributed by atoms with Gasteiger partial charge < -0.3 is 19.9 Å². The van der Waals surface area contributed by atoms with Crippen molar-refractivity contribution in [3.63, 3.8) is 0 Å². The molecule has 12 heteroatoms. The Labute approximate surface area is 288 Å². The molecule has 0 bridgehead atoms. The highest BCUT2D eigenvalue weighted by Crippen LogP contribution is 2.33. The van der Waals surface area contributed by atoms with E-state index in [0.29, 0.717) is 53.3 Å². The van der Waals surface area contributed by atoms with Crippen LogP contribution in [0.2, 0.25) is 0 Å². The van der Waals surface area contributed by atoms with Crippen molar-refractivity contribution < 1.29 is 23.9 Å². The normalized spacial score (nSPS) is 15.1. The number of benzene rings is 2. The SMILES string of the molecule is CC(C)(C)OC(=O)N1CCC(NC(=O)c2ccc(C#Cc3ccc4c(c3)C(=O)N(C(C(=O)Nc3nccs3)c3ccccc3)C4)cn2)CC1. The van der Waals surface area contributed by atoms with E-state index in [4.69, 9.17) is 4.74 Å². The van der Waals surface area contributed by atoms with Crippen LogP contribution >= 0.6 is 11.3 Å². The number of rotatable bonds is 6. The first kappa shape index (κ1) is 33.4. The fourth-order valence-electron chi connectivity index (χ4n) is 5.72. The molecule has 1 unspecified atom stereocenters. The Hall–Kier alpha value is -5.54. The third-order valence-electron chi connectivity index (χ3n) is 8.11.